The molecule has 2 rings (SSSR count). The lowest BCUT2D eigenvalue weighted by molar-refractivity contribution is -0.116. The van der Waals surface area contributed by atoms with Crippen LogP contribution in [0.25, 0.3) is 0 Å². The Morgan fingerprint density at radius 1 is 1.12 bits per heavy atom. The molecule has 0 bridgehead atoms. The lowest BCUT2D eigenvalue weighted by Gasteiger charge is -2.24. The van der Waals surface area contributed by atoms with Crippen LogP contribution >= 0.6 is 11.3 Å². The summed E-state index contributed by atoms with van der Waals surface area (Å²) in [7, 11) is 3.88. The standard InChI is InChI=1S/C19H26N4O2S/c1-13-8-6-7-9-16(13)18(25)23(11-10-22(4)5)12-17(24)21-19-20-14(2)15(3)26-19/h6-9H,10-12H2,1-5H3,(H,20,21,24). The van der Waals surface area contributed by atoms with Gasteiger partial charge in [-0.1, -0.05) is 18.2 Å². The third-order valence-electron chi connectivity index (χ3n) is 4.09. The van der Waals surface area contributed by atoms with E-state index in [1.807, 2.05) is 58.0 Å². The van der Waals surface area contributed by atoms with Gasteiger partial charge in [-0.3, -0.25) is 9.59 Å². The van der Waals surface area contributed by atoms with E-state index in [1.165, 1.54) is 11.3 Å². The van der Waals surface area contributed by atoms with Gasteiger partial charge in [-0.05, 0) is 46.5 Å². The second-order valence-electron chi connectivity index (χ2n) is 6.55. The van der Waals surface area contributed by atoms with Gasteiger partial charge in [-0.25, -0.2) is 4.98 Å². The molecule has 1 aromatic heterocycles. The van der Waals surface area contributed by atoms with Crippen LogP contribution in [-0.2, 0) is 4.79 Å². The number of nitrogens with one attached hydrogen (secondary N) is 1. The molecule has 140 valence electrons. The van der Waals surface area contributed by atoms with Crippen LogP contribution in [0.4, 0.5) is 5.13 Å². The summed E-state index contributed by atoms with van der Waals surface area (Å²) < 4.78 is 0. The Morgan fingerprint density at radius 3 is 2.38 bits per heavy atom. The molecule has 0 fully saturated rings. The summed E-state index contributed by atoms with van der Waals surface area (Å²) in [6.07, 6.45) is 0. The van der Waals surface area contributed by atoms with Crippen LogP contribution in [0.15, 0.2) is 24.3 Å². The highest BCUT2D eigenvalue weighted by molar-refractivity contribution is 7.15. The lowest BCUT2D eigenvalue weighted by Crippen LogP contribution is -2.41. The summed E-state index contributed by atoms with van der Waals surface area (Å²) >= 11 is 1.44. The molecule has 1 N–H and O–H groups in total. The maximum atomic E-state index is 12.9. The fourth-order valence-electron chi connectivity index (χ4n) is 2.41. The highest BCUT2D eigenvalue weighted by atomic mass is 32.1. The van der Waals surface area contributed by atoms with Crippen molar-refractivity contribution in [3.63, 3.8) is 0 Å². The van der Waals surface area contributed by atoms with Gasteiger partial charge in [0.1, 0.15) is 6.54 Å². The number of likely N-dealkylation sites (N-methyl/N-ethyl adjacent to an activating group) is 1. The third kappa shape index (κ3) is 5.37. The quantitative estimate of drug-likeness (QED) is 0.809. The molecule has 0 spiro atoms. The fourth-order valence-corrected chi connectivity index (χ4v) is 3.25. The first-order chi connectivity index (χ1) is 12.3. The fraction of sp³-hybridized carbons (Fsp3) is 0.421. The van der Waals surface area contributed by atoms with Crippen molar-refractivity contribution in [2.75, 3.05) is 39.0 Å². The molecule has 1 aromatic carbocycles. The molecule has 0 aliphatic heterocycles. The molecule has 0 unspecified atom stereocenters. The zero-order chi connectivity index (χ0) is 19.3. The van der Waals surface area contributed by atoms with Crippen LogP contribution < -0.4 is 5.32 Å². The predicted octanol–water partition coefficient (Wildman–Crippen LogP) is 2.71. The topological polar surface area (TPSA) is 65.5 Å². The summed E-state index contributed by atoms with van der Waals surface area (Å²) in [5, 5.41) is 3.37. The number of carbonyl (C=O) groups is 2. The predicted molar refractivity (Wildman–Crippen MR) is 106 cm³/mol. The second-order valence-corrected chi connectivity index (χ2v) is 7.76. The van der Waals surface area contributed by atoms with Crippen LogP contribution in [0.1, 0.15) is 26.5 Å². The zero-order valence-corrected chi connectivity index (χ0v) is 16.8. The van der Waals surface area contributed by atoms with Gasteiger partial charge in [0, 0.05) is 23.5 Å². The third-order valence-corrected chi connectivity index (χ3v) is 5.08. The molecule has 6 nitrogen and oxygen atoms in total. The van der Waals surface area contributed by atoms with E-state index in [4.69, 9.17) is 0 Å². The molecular formula is C19H26N4O2S. The first-order valence-electron chi connectivity index (χ1n) is 8.51. The van der Waals surface area contributed by atoms with Gasteiger partial charge in [0.2, 0.25) is 5.91 Å². The van der Waals surface area contributed by atoms with Gasteiger partial charge >= 0.3 is 0 Å². The Morgan fingerprint density at radius 2 is 1.81 bits per heavy atom. The van der Waals surface area contributed by atoms with Gasteiger partial charge in [0.05, 0.1) is 5.69 Å². The summed E-state index contributed by atoms with van der Waals surface area (Å²) in [4.78, 5) is 34.4. The molecule has 0 radical (unpaired) electrons. The van der Waals surface area contributed by atoms with Gasteiger partial charge in [-0.2, -0.15) is 0 Å². The molecule has 0 saturated heterocycles. The normalized spacial score (nSPS) is 10.8. The number of amides is 2. The number of benzene rings is 1. The Kier molecular flexibility index (Phi) is 6.88. The molecule has 2 amide bonds. The summed E-state index contributed by atoms with van der Waals surface area (Å²) in [5.41, 5.74) is 2.43. The Hall–Kier alpha value is -2.25. The van der Waals surface area contributed by atoms with E-state index in [0.717, 1.165) is 16.1 Å². The average molecular weight is 375 g/mol. The maximum Gasteiger partial charge on any atom is 0.254 e. The van der Waals surface area contributed by atoms with Gasteiger partial charge in [0.25, 0.3) is 5.91 Å². The molecule has 1 heterocycles. The van der Waals surface area contributed by atoms with E-state index in [2.05, 4.69) is 10.3 Å². The second kappa shape index (κ2) is 8.91. The van der Waals surface area contributed by atoms with E-state index in [0.29, 0.717) is 23.8 Å². The molecule has 0 atom stereocenters. The monoisotopic (exact) mass is 374 g/mol. The van der Waals surface area contributed by atoms with Gasteiger partial charge in [0.15, 0.2) is 5.13 Å². The number of aromatic nitrogens is 1. The number of rotatable bonds is 7. The minimum Gasteiger partial charge on any atom is -0.328 e. The van der Waals surface area contributed by atoms with Crippen molar-refractivity contribution in [2.24, 2.45) is 0 Å². The number of aryl methyl sites for hydroxylation is 3. The van der Waals surface area contributed by atoms with E-state index in [-0.39, 0.29) is 18.4 Å². The van der Waals surface area contributed by atoms with Crippen molar-refractivity contribution in [1.29, 1.82) is 0 Å². The van der Waals surface area contributed by atoms with Crippen molar-refractivity contribution < 1.29 is 9.59 Å². The first kappa shape index (κ1) is 20.1. The molecule has 0 saturated carbocycles. The Labute approximate surface area is 158 Å². The Bertz CT molecular complexity index is 766. The Balaban J connectivity index is 2.12. The maximum absolute atomic E-state index is 12.9. The smallest absolute Gasteiger partial charge is 0.254 e. The van der Waals surface area contributed by atoms with Crippen molar-refractivity contribution in [2.45, 2.75) is 20.8 Å². The van der Waals surface area contributed by atoms with Crippen LogP contribution in [0.2, 0.25) is 0 Å². The van der Waals surface area contributed by atoms with Gasteiger partial charge < -0.3 is 15.1 Å². The number of carbonyl (C=O) groups excluding carboxylic acids is 2. The van der Waals surface area contributed by atoms with E-state index >= 15 is 0 Å². The number of anilines is 1. The number of thiazole rings is 1. The minimum absolute atomic E-state index is 0.00131. The van der Waals surface area contributed by atoms with Crippen molar-refractivity contribution in [1.82, 2.24) is 14.8 Å². The average Bonchev–Trinajstić information content (AvgIpc) is 2.88. The highest BCUT2D eigenvalue weighted by Gasteiger charge is 2.21. The van der Waals surface area contributed by atoms with Crippen LogP contribution in [0, 0.1) is 20.8 Å². The largest absolute Gasteiger partial charge is 0.328 e. The molecule has 0 aliphatic carbocycles. The summed E-state index contributed by atoms with van der Waals surface area (Å²) in [6, 6.07) is 7.44. The van der Waals surface area contributed by atoms with E-state index < -0.39 is 0 Å². The summed E-state index contributed by atoms with van der Waals surface area (Å²) in [6.45, 7) is 6.93. The molecule has 26 heavy (non-hydrogen) atoms. The van der Waals surface area contributed by atoms with E-state index in [9.17, 15) is 9.59 Å². The number of hydrogen-bond donors (Lipinski definition) is 1. The zero-order valence-electron chi connectivity index (χ0n) is 16.0. The number of hydrogen-bond acceptors (Lipinski definition) is 5. The van der Waals surface area contributed by atoms with Crippen molar-refractivity contribution in [3.05, 3.63) is 46.0 Å². The van der Waals surface area contributed by atoms with Crippen LogP contribution in [0.5, 0.6) is 0 Å². The molecule has 7 heteroatoms. The van der Waals surface area contributed by atoms with Gasteiger partial charge in [-0.15, -0.1) is 11.3 Å². The molecule has 2 aromatic rings. The van der Waals surface area contributed by atoms with Crippen molar-refractivity contribution >= 4 is 28.3 Å². The van der Waals surface area contributed by atoms with E-state index in [1.54, 1.807) is 11.0 Å². The SMILES string of the molecule is Cc1ccccc1C(=O)N(CCN(C)C)CC(=O)Nc1nc(C)c(C)s1. The summed E-state index contributed by atoms with van der Waals surface area (Å²) in [5.74, 6) is -0.369. The van der Waals surface area contributed by atoms with Crippen LogP contribution in [0.3, 0.4) is 0 Å². The van der Waals surface area contributed by atoms with Crippen LogP contribution in [-0.4, -0.2) is 60.3 Å². The highest BCUT2D eigenvalue weighted by Crippen LogP contribution is 2.21. The minimum atomic E-state index is -0.237. The lowest BCUT2D eigenvalue weighted by atomic mass is 10.1. The first-order valence-corrected chi connectivity index (χ1v) is 9.33. The van der Waals surface area contributed by atoms with Crippen molar-refractivity contribution in [3.8, 4) is 0 Å². The molecule has 0 aliphatic rings. The number of nitrogens with zero attached hydrogens (tertiary/aromatic N) is 3. The molecular weight excluding hydrogens is 348 g/mol.